The summed E-state index contributed by atoms with van der Waals surface area (Å²) in [7, 11) is 0. The number of para-hydroxylation sites is 2. The number of ether oxygens (including phenoxy) is 1. The van der Waals surface area contributed by atoms with Gasteiger partial charge in [0.05, 0.1) is 11.1 Å². The normalized spacial score (nSPS) is 17.1. The Labute approximate surface area is 251 Å². The van der Waals surface area contributed by atoms with Gasteiger partial charge in [0.15, 0.2) is 0 Å². The largest absolute Gasteiger partial charge is 0.445 e. The zero-order chi connectivity index (χ0) is 29.3. The van der Waals surface area contributed by atoms with Gasteiger partial charge in [-0.1, -0.05) is 66.7 Å². The van der Waals surface area contributed by atoms with E-state index in [1.54, 1.807) is 0 Å². The summed E-state index contributed by atoms with van der Waals surface area (Å²) in [4.78, 5) is 39.2. The van der Waals surface area contributed by atoms with Crippen LogP contribution in [0.2, 0.25) is 0 Å². The molecule has 2 aliphatic heterocycles. The lowest BCUT2D eigenvalue weighted by Gasteiger charge is -2.19. The highest BCUT2D eigenvalue weighted by Gasteiger charge is 2.35. The molecule has 220 valence electrons. The van der Waals surface area contributed by atoms with Crippen molar-refractivity contribution < 1.29 is 22.0 Å². The molecular weight excluding hydrogens is 540 g/mol. The first-order valence-corrected chi connectivity index (χ1v) is 14.8. The minimum atomic E-state index is -0.422. The minimum Gasteiger partial charge on any atom is -0.445 e. The van der Waals surface area contributed by atoms with E-state index in [0.717, 1.165) is 64.3 Å². The topological polar surface area (TPSA) is 94.4 Å². The highest BCUT2D eigenvalue weighted by Crippen LogP contribution is 2.39. The number of rotatable bonds is 4. The van der Waals surface area contributed by atoms with Crippen molar-refractivity contribution in [1.29, 1.82) is 0 Å². The molecule has 2 N–H and O–H groups in total. The summed E-state index contributed by atoms with van der Waals surface area (Å²) >= 11 is 0. The van der Waals surface area contributed by atoms with E-state index in [2.05, 4.69) is 25.8 Å². The van der Waals surface area contributed by atoms with Gasteiger partial charge in [0.2, 0.25) is 0 Å². The van der Waals surface area contributed by atoms with Gasteiger partial charge in [-0.05, 0) is 42.9 Å². The van der Waals surface area contributed by atoms with E-state index in [4.69, 9.17) is 4.74 Å². The van der Waals surface area contributed by atoms with Crippen LogP contribution in [0.4, 0.5) is 4.79 Å². The maximum atomic E-state index is 13.3. The van der Waals surface area contributed by atoms with E-state index in [1.165, 1.54) is 0 Å². The van der Waals surface area contributed by atoms with Gasteiger partial charge in [-0.3, -0.25) is 14.9 Å². The van der Waals surface area contributed by atoms with Gasteiger partial charge in [-0.2, -0.15) is 0 Å². The summed E-state index contributed by atoms with van der Waals surface area (Å²) in [5, 5.41) is 7.43. The lowest BCUT2D eigenvalue weighted by atomic mass is 9.95. The smallest absolute Gasteiger partial charge is 0.407 e. The molecule has 0 radical (unpaired) electrons. The molecule has 7 rings (SSSR count). The van der Waals surface area contributed by atoms with Crippen LogP contribution >= 0.6 is 0 Å². The number of carbonyl (C=O) groups excluding carboxylic acids is 3. The molecule has 8 nitrogen and oxygen atoms in total. The molecular formula is C35H36N4O4. The first kappa shape index (κ1) is 26.8. The molecule has 4 heterocycles. The third kappa shape index (κ3) is 5.09. The van der Waals surface area contributed by atoms with E-state index < -0.39 is 6.09 Å². The van der Waals surface area contributed by atoms with Crippen molar-refractivity contribution in [1.82, 2.24) is 19.8 Å². The first-order chi connectivity index (χ1) is 21.1. The van der Waals surface area contributed by atoms with Crippen LogP contribution in [0.1, 0.15) is 38.8 Å². The molecule has 0 aliphatic carbocycles. The molecule has 0 saturated heterocycles. The Morgan fingerprint density at radius 1 is 0.791 bits per heavy atom. The number of amides is 3. The van der Waals surface area contributed by atoms with Gasteiger partial charge < -0.3 is 19.2 Å². The van der Waals surface area contributed by atoms with Gasteiger partial charge in [0, 0.05) is 67.8 Å². The summed E-state index contributed by atoms with van der Waals surface area (Å²) in [5.74, 6) is -0.524. The number of aryl methyl sites for hydroxylation is 2. The summed E-state index contributed by atoms with van der Waals surface area (Å²) in [5.41, 5.74) is 5.33. The fourth-order valence-corrected chi connectivity index (χ4v) is 6.45. The standard InChI is InChI=1S/C35H32N4O4.2H2/c40-33-31-27-20-38(29-14-6-4-12-25(27)29)17-8-11-23(19-36-35(42)43-22-24-9-2-1-3-10-24)16-18-39-21-28(32(31)34(41)37-33)26-13-5-7-15-30(26)39;;/h1-7,9-10,12-15,20-21,23H,8,11,16-19,22H2,(H,36,42)(H,37,40,41);2*1H. The van der Waals surface area contributed by atoms with E-state index in [0.29, 0.717) is 24.2 Å². The van der Waals surface area contributed by atoms with Crippen molar-refractivity contribution in [3.63, 3.8) is 0 Å². The predicted molar refractivity (Wildman–Crippen MR) is 170 cm³/mol. The second-order valence-corrected chi connectivity index (χ2v) is 11.3. The molecule has 5 aromatic rings. The van der Waals surface area contributed by atoms with Crippen LogP contribution in [0, 0.1) is 5.92 Å². The Balaban J connectivity index is 0.00000200. The highest BCUT2D eigenvalue weighted by atomic mass is 16.5. The Bertz CT molecular complexity index is 1910. The fraction of sp³-hybridized carbons (Fsp3) is 0.229. The van der Waals surface area contributed by atoms with Crippen LogP contribution in [0.15, 0.2) is 91.3 Å². The number of benzene rings is 3. The molecule has 8 heteroatoms. The number of hydrogen-bond acceptors (Lipinski definition) is 4. The number of fused-ring (bicyclic) bond motifs is 12. The van der Waals surface area contributed by atoms with Crippen molar-refractivity contribution in [2.24, 2.45) is 5.92 Å². The average molecular weight is 577 g/mol. The Morgan fingerprint density at radius 3 is 2.02 bits per heavy atom. The van der Waals surface area contributed by atoms with Gasteiger partial charge >= 0.3 is 6.09 Å². The molecule has 2 aliphatic rings. The van der Waals surface area contributed by atoms with Crippen molar-refractivity contribution in [2.75, 3.05) is 6.54 Å². The zero-order valence-electron chi connectivity index (χ0n) is 23.7. The second-order valence-electron chi connectivity index (χ2n) is 11.3. The summed E-state index contributed by atoms with van der Waals surface area (Å²) in [6.07, 6.45) is 6.21. The molecule has 1 unspecified atom stereocenters. The molecule has 0 spiro atoms. The van der Waals surface area contributed by atoms with Crippen LogP contribution in [-0.2, 0) is 34.0 Å². The van der Waals surface area contributed by atoms with Gasteiger partial charge in [-0.25, -0.2) is 4.79 Å². The molecule has 3 aromatic carbocycles. The quantitative estimate of drug-likeness (QED) is 0.243. The molecule has 4 bridgehead atoms. The van der Waals surface area contributed by atoms with Crippen LogP contribution in [0.3, 0.4) is 0 Å². The molecule has 0 fully saturated rings. The third-order valence-corrected chi connectivity index (χ3v) is 8.58. The van der Waals surface area contributed by atoms with Gasteiger partial charge in [0.25, 0.3) is 11.8 Å². The number of imide groups is 1. The van der Waals surface area contributed by atoms with Crippen molar-refractivity contribution in [3.05, 3.63) is 108 Å². The molecule has 43 heavy (non-hydrogen) atoms. The molecule has 1 atom stereocenters. The summed E-state index contributed by atoms with van der Waals surface area (Å²) in [6.45, 7) is 2.19. The van der Waals surface area contributed by atoms with Crippen molar-refractivity contribution >= 4 is 50.9 Å². The number of carbonyl (C=O) groups is 3. The maximum Gasteiger partial charge on any atom is 0.407 e. The fourth-order valence-electron chi connectivity index (χ4n) is 6.45. The predicted octanol–water partition coefficient (Wildman–Crippen LogP) is 6.38. The van der Waals surface area contributed by atoms with Crippen LogP contribution < -0.4 is 10.6 Å². The average Bonchev–Trinajstić information content (AvgIpc) is 3.67. The van der Waals surface area contributed by atoms with Crippen LogP contribution in [0.5, 0.6) is 0 Å². The Kier molecular flexibility index (Phi) is 7.02. The van der Waals surface area contributed by atoms with Gasteiger partial charge in [-0.15, -0.1) is 0 Å². The SMILES string of the molecule is O=C(NCC1CCCn2cc(c3ccccc32)C2=C(C(=O)NC2=O)c2cn(c3ccccc23)CC1)OCc1ccccc1.[HH].[HH]. The summed E-state index contributed by atoms with van der Waals surface area (Å²) in [6, 6.07) is 25.7. The first-order valence-electron chi connectivity index (χ1n) is 14.8. The maximum absolute atomic E-state index is 13.3. The van der Waals surface area contributed by atoms with Crippen molar-refractivity contribution in [3.8, 4) is 0 Å². The number of hydrogen-bond donors (Lipinski definition) is 2. The third-order valence-electron chi connectivity index (χ3n) is 8.58. The molecule has 0 saturated carbocycles. The minimum absolute atomic E-state index is 0. The number of alkyl carbamates (subject to hydrolysis) is 1. The number of aromatic nitrogens is 2. The molecule has 3 amide bonds. The number of nitrogens with zero attached hydrogens (tertiary/aromatic N) is 2. The van der Waals surface area contributed by atoms with E-state index >= 15 is 0 Å². The van der Waals surface area contributed by atoms with Crippen LogP contribution in [0.25, 0.3) is 33.0 Å². The zero-order valence-corrected chi connectivity index (χ0v) is 23.7. The second kappa shape index (κ2) is 11.3. The Morgan fingerprint density at radius 2 is 1.37 bits per heavy atom. The lowest BCUT2D eigenvalue weighted by Crippen LogP contribution is -2.30. The number of nitrogens with one attached hydrogen (secondary N) is 2. The lowest BCUT2D eigenvalue weighted by molar-refractivity contribution is -0.122. The van der Waals surface area contributed by atoms with E-state index in [9.17, 15) is 14.4 Å². The van der Waals surface area contributed by atoms with E-state index in [1.807, 2.05) is 85.2 Å². The highest BCUT2D eigenvalue weighted by molar-refractivity contribution is 6.50. The molecule has 2 aromatic heterocycles. The van der Waals surface area contributed by atoms with E-state index in [-0.39, 0.29) is 27.2 Å². The monoisotopic (exact) mass is 576 g/mol. The van der Waals surface area contributed by atoms with Gasteiger partial charge in [0.1, 0.15) is 6.61 Å². The Hall–Kier alpha value is -5.11. The summed E-state index contributed by atoms with van der Waals surface area (Å²) < 4.78 is 9.81. The van der Waals surface area contributed by atoms with Crippen LogP contribution in [-0.4, -0.2) is 33.6 Å². The van der Waals surface area contributed by atoms with Crippen molar-refractivity contribution in [2.45, 2.75) is 39.0 Å².